The fraction of sp³-hybridized carbons (Fsp3) is 0.667. The molecule has 4 heterocycles. The van der Waals surface area contributed by atoms with Crippen molar-refractivity contribution in [2.75, 3.05) is 37.8 Å². The van der Waals surface area contributed by atoms with Crippen LogP contribution in [0.4, 0.5) is 13.2 Å². The second-order valence-corrected chi connectivity index (χ2v) is 9.38. The lowest BCUT2D eigenvalue weighted by molar-refractivity contribution is -0.192. The number of rotatable bonds is 5. The van der Waals surface area contributed by atoms with Gasteiger partial charge in [0.15, 0.2) is 0 Å². The summed E-state index contributed by atoms with van der Waals surface area (Å²) >= 11 is 1.96. The number of ether oxygens (including phenoxy) is 2. The zero-order valence-electron chi connectivity index (χ0n) is 17.6. The number of pyridine rings is 1. The molecule has 0 radical (unpaired) electrons. The minimum absolute atomic E-state index is 0.159. The van der Waals surface area contributed by atoms with Crippen LogP contribution in [0.1, 0.15) is 24.8 Å². The smallest absolute Gasteiger partial charge is 0.475 e. The van der Waals surface area contributed by atoms with Crippen molar-refractivity contribution in [2.45, 2.75) is 37.6 Å². The minimum atomic E-state index is -5.08. The number of amides is 1. The van der Waals surface area contributed by atoms with Gasteiger partial charge in [-0.1, -0.05) is 6.07 Å². The Morgan fingerprint density at radius 3 is 2.56 bits per heavy atom. The van der Waals surface area contributed by atoms with Gasteiger partial charge in [-0.3, -0.25) is 9.78 Å². The van der Waals surface area contributed by atoms with Gasteiger partial charge >= 0.3 is 12.1 Å². The fourth-order valence-corrected chi connectivity index (χ4v) is 5.24. The molecule has 1 N–H and O–H groups in total. The molecule has 0 aromatic carbocycles. The maximum Gasteiger partial charge on any atom is 0.490 e. The summed E-state index contributed by atoms with van der Waals surface area (Å²) in [6.45, 7) is 3.55. The van der Waals surface area contributed by atoms with Gasteiger partial charge in [-0.05, 0) is 42.4 Å². The van der Waals surface area contributed by atoms with Crippen LogP contribution in [0.5, 0.6) is 0 Å². The van der Waals surface area contributed by atoms with Gasteiger partial charge in [-0.2, -0.15) is 24.9 Å². The number of halogens is 3. The SMILES string of the molecule is O=C(C1CCSCC1)N1CC2(C1)OCCC2COCc1cccnc1.O=C(O)C(F)(F)F. The van der Waals surface area contributed by atoms with Crippen LogP contribution in [0.2, 0.25) is 0 Å². The van der Waals surface area contributed by atoms with E-state index in [1.165, 1.54) is 0 Å². The maximum atomic E-state index is 12.6. The van der Waals surface area contributed by atoms with E-state index < -0.39 is 12.1 Å². The highest BCUT2D eigenvalue weighted by Gasteiger charge is 2.55. The van der Waals surface area contributed by atoms with Crippen LogP contribution in [0.15, 0.2) is 24.5 Å². The van der Waals surface area contributed by atoms with Crippen molar-refractivity contribution >= 4 is 23.6 Å². The molecule has 3 fully saturated rings. The average molecular weight is 477 g/mol. The molecule has 1 unspecified atom stereocenters. The number of carbonyl (C=O) groups excluding carboxylic acids is 1. The zero-order chi connectivity index (χ0) is 23.2. The highest BCUT2D eigenvalue weighted by molar-refractivity contribution is 7.99. The summed E-state index contributed by atoms with van der Waals surface area (Å²) in [5, 5.41) is 7.12. The van der Waals surface area contributed by atoms with Gasteiger partial charge in [-0.25, -0.2) is 4.79 Å². The summed E-state index contributed by atoms with van der Waals surface area (Å²) in [7, 11) is 0. The Morgan fingerprint density at radius 1 is 1.28 bits per heavy atom. The van der Waals surface area contributed by atoms with E-state index in [2.05, 4.69) is 4.98 Å². The molecule has 7 nitrogen and oxygen atoms in total. The van der Waals surface area contributed by atoms with Crippen LogP contribution in [-0.4, -0.2) is 76.5 Å². The van der Waals surface area contributed by atoms with Crippen molar-refractivity contribution < 1.29 is 37.3 Å². The van der Waals surface area contributed by atoms with Gasteiger partial charge < -0.3 is 19.5 Å². The quantitative estimate of drug-likeness (QED) is 0.699. The number of carboxylic acids is 1. The Balaban J connectivity index is 0.000000360. The molecular formula is C21H27F3N2O5S. The molecule has 11 heteroatoms. The van der Waals surface area contributed by atoms with E-state index in [0.717, 1.165) is 56.0 Å². The first-order chi connectivity index (χ1) is 15.2. The number of nitrogens with zero attached hydrogens (tertiary/aromatic N) is 2. The van der Waals surface area contributed by atoms with E-state index in [1.807, 2.05) is 35.0 Å². The number of aromatic nitrogens is 1. The summed E-state index contributed by atoms with van der Waals surface area (Å²) < 4.78 is 43.7. The third-order valence-corrected chi connectivity index (χ3v) is 7.00. The second kappa shape index (κ2) is 10.8. The predicted molar refractivity (Wildman–Crippen MR) is 111 cm³/mol. The Labute approximate surface area is 188 Å². The van der Waals surface area contributed by atoms with Gasteiger partial charge in [-0.15, -0.1) is 0 Å². The molecule has 1 aromatic rings. The number of likely N-dealkylation sites (tertiary alicyclic amines) is 1. The number of thioether (sulfide) groups is 1. The molecule has 1 amide bonds. The largest absolute Gasteiger partial charge is 0.490 e. The molecule has 0 bridgehead atoms. The molecule has 1 spiro atoms. The summed E-state index contributed by atoms with van der Waals surface area (Å²) in [6, 6.07) is 3.96. The van der Waals surface area contributed by atoms with Crippen molar-refractivity contribution in [3.63, 3.8) is 0 Å². The Kier molecular flexibility index (Phi) is 8.40. The van der Waals surface area contributed by atoms with Gasteiger partial charge in [0.2, 0.25) is 5.91 Å². The first-order valence-corrected chi connectivity index (χ1v) is 11.6. The lowest BCUT2D eigenvalue weighted by Gasteiger charge is -2.51. The molecule has 32 heavy (non-hydrogen) atoms. The zero-order valence-corrected chi connectivity index (χ0v) is 18.4. The van der Waals surface area contributed by atoms with E-state index in [4.69, 9.17) is 19.4 Å². The molecule has 4 rings (SSSR count). The molecule has 3 saturated heterocycles. The fourth-order valence-electron chi connectivity index (χ4n) is 4.13. The topological polar surface area (TPSA) is 89.0 Å². The van der Waals surface area contributed by atoms with E-state index in [-0.39, 0.29) is 11.5 Å². The molecule has 0 saturated carbocycles. The van der Waals surface area contributed by atoms with E-state index in [9.17, 15) is 18.0 Å². The van der Waals surface area contributed by atoms with Crippen molar-refractivity contribution in [1.82, 2.24) is 9.88 Å². The number of aliphatic carboxylic acids is 1. The first kappa shape index (κ1) is 24.8. The molecule has 0 aliphatic carbocycles. The van der Waals surface area contributed by atoms with Gasteiger partial charge in [0.1, 0.15) is 5.60 Å². The summed E-state index contributed by atoms with van der Waals surface area (Å²) in [6.07, 6.45) is 1.62. The highest BCUT2D eigenvalue weighted by atomic mass is 32.2. The van der Waals surface area contributed by atoms with E-state index >= 15 is 0 Å². The molecule has 3 aliphatic rings. The van der Waals surface area contributed by atoms with E-state index in [0.29, 0.717) is 25.0 Å². The summed E-state index contributed by atoms with van der Waals surface area (Å²) in [4.78, 5) is 27.7. The number of carbonyl (C=O) groups is 2. The predicted octanol–water partition coefficient (Wildman–Crippen LogP) is 2.99. The Bertz CT molecular complexity index is 768. The van der Waals surface area contributed by atoms with Crippen LogP contribution in [0, 0.1) is 11.8 Å². The molecular weight excluding hydrogens is 449 g/mol. The van der Waals surface area contributed by atoms with Crippen LogP contribution in [-0.2, 0) is 25.7 Å². The minimum Gasteiger partial charge on any atom is -0.475 e. The summed E-state index contributed by atoms with van der Waals surface area (Å²) in [5.41, 5.74) is 0.935. The van der Waals surface area contributed by atoms with Gasteiger partial charge in [0, 0.05) is 30.8 Å². The second-order valence-electron chi connectivity index (χ2n) is 8.16. The first-order valence-electron chi connectivity index (χ1n) is 10.5. The van der Waals surface area contributed by atoms with Crippen LogP contribution in [0.3, 0.4) is 0 Å². The monoisotopic (exact) mass is 476 g/mol. The van der Waals surface area contributed by atoms with Crippen molar-refractivity contribution in [2.24, 2.45) is 11.8 Å². The lowest BCUT2D eigenvalue weighted by Crippen LogP contribution is -2.67. The van der Waals surface area contributed by atoms with Crippen LogP contribution >= 0.6 is 11.8 Å². The van der Waals surface area contributed by atoms with Crippen molar-refractivity contribution in [1.29, 1.82) is 0 Å². The molecule has 1 atom stereocenters. The normalized spacial score (nSPS) is 22.7. The maximum absolute atomic E-state index is 12.6. The average Bonchev–Trinajstić information content (AvgIpc) is 3.17. The molecule has 3 aliphatic heterocycles. The van der Waals surface area contributed by atoms with E-state index in [1.54, 1.807) is 6.20 Å². The van der Waals surface area contributed by atoms with Gasteiger partial charge in [0.05, 0.1) is 26.3 Å². The lowest BCUT2D eigenvalue weighted by atomic mass is 9.80. The third-order valence-electron chi connectivity index (χ3n) is 5.95. The number of carboxylic acid groups (broad SMARTS) is 1. The Morgan fingerprint density at radius 2 is 1.97 bits per heavy atom. The van der Waals surface area contributed by atoms with Crippen LogP contribution < -0.4 is 0 Å². The van der Waals surface area contributed by atoms with Crippen molar-refractivity contribution in [3.05, 3.63) is 30.1 Å². The Hall–Kier alpha value is -1.85. The molecule has 178 valence electrons. The number of hydrogen-bond acceptors (Lipinski definition) is 6. The third kappa shape index (κ3) is 6.35. The molecule has 1 aromatic heterocycles. The summed E-state index contributed by atoms with van der Waals surface area (Å²) in [5.74, 6) is 0.451. The number of hydrogen-bond donors (Lipinski definition) is 1. The van der Waals surface area contributed by atoms with Gasteiger partial charge in [0.25, 0.3) is 0 Å². The highest BCUT2D eigenvalue weighted by Crippen LogP contribution is 2.41. The standard InChI is InChI=1S/C19H26N2O3S.C2HF3O2/c22-18(16-4-8-25-9-5-16)21-13-19(14-21)17(3-7-24-19)12-23-11-15-2-1-6-20-10-15;3-2(4,5)1(6)7/h1-2,6,10,16-17H,3-5,7-9,11-14H2;(H,6,7). The van der Waals surface area contributed by atoms with Crippen LogP contribution in [0.25, 0.3) is 0 Å². The number of alkyl halides is 3. The van der Waals surface area contributed by atoms with Crippen molar-refractivity contribution in [3.8, 4) is 0 Å².